The fourth-order valence-corrected chi connectivity index (χ4v) is 2.52. The molecule has 1 aliphatic heterocycles. The summed E-state index contributed by atoms with van der Waals surface area (Å²) in [4.78, 5) is 8.80. The first kappa shape index (κ1) is 13.2. The van der Waals surface area contributed by atoms with Crippen molar-refractivity contribution in [3.05, 3.63) is 40.3 Å². The number of aromatic nitrogens is 2. The molecule has 0 fully saturated rings. The van der Waals surface area contributed by atoms with E-state index < -0.39 is 0 Å². The number of anilines is 1. The van der Waals surface area contributed by atoms with Crippen LogP contribution in [0.4, 0.5) is 5.82 Å². The normalized spacial score (nSPS) is 17.0. The Bertz CT molecular complexity index is 648. The molecular weight excluding hydrogens is 322 g/mol. The van der Waals surface area contributed by atoms with Crippen LogP contribution in [0.1, 0.15) is 24.5 Å². The average molecular weight is 336 g/mol. The van der Waals surface area contributed by atoms with Crippen molar-refractivity contribution in [3.8, 4) is 11.5 Å². The van der Waals surface area contributed by atoms with Gasteiger partial charge in [0.05, 0.1) is 10.2 Å². The molecule has 0 aliphatic carbocycles. The third-order valence-corrected chi connectivity index (χ3v) is 3.96. The fourth-order valence-electron chi connectivity index (χ4n) is 2.06. The van der Waals surface area contributed by atoms with Gasteiger partial charge in [0.25, 0.3) is 0 Å². The van der Waals surface area contributed by atoms with Crippen LogP contribution in [0.2, 0.25) is 0 Å². The Hall–Kier alpha value is -1.82. The highest BCUT2D eigenvalue weighted by atomic mass is 79.9. The number of halogens is 1. The van der Waals surface area contributed by atoms with Crippen molar-refractivity contribution in [2.75, 3.05) is 12.3 Å². The molecule has 3 rings (SSSR count). The van der Waals surface area contributed by atoms with Gasteiger partial charge in [-0.3, -0.25) is 0 Å². The van der Waals surface area contributed by atoms with Gasteiger partial charge in [0, 0.05) is 0 Å². The second-order valence-electron chi connectivity index (χ2n) is 4.45. The maximum Gasteiger partial charge on any atom is 0.192 e. The molecule has 0 radical (unpaired) electrons. The Labute approximate surface area is 125 Å². The van der Waals surface area contributed by atoms with E-state index in [2.05, 4.69) is 25.9 Å². The number of nitrogen functional groups attached to an aromatic ring is 1. The first-order chi connectivity index (χ1) is 9.69. The molecule has 2 heterocycles. The zero-order valence-electron chi connectivity index (χ0n) is 11.0. The highest BCUT2D eigenvalue weighted by molar-refractivity contribution is 9.10. The molecule has 0 bridgehead atoms. The summed E-state index contributed by atoms with van der Waals surface area (Å²) in [5.74, 6) is 2.42. The predicted molar refractivity (Wildman–Crippen MR) is 78.8 cm³/mol. The summed E-state index contributed by atoms with van der Waals surface area (Å²) < 4.78 is 12.3. The molecule has 1 unspecified atom stereocenters. The second kappa shape index (κ2) is 5.28. The van der Waals surface area contributed by atoms with E-state index in [4.69, 9.17) is 15.2 Å². The smallest absolute Gasteiger partial charge is 0.192 e. The summed E-state index contributed by atoms with van der Waals surface area (Å²) in [6.07, 6.45) is 0.426. The summed E-state index contributed by atoms with van der Waals surface area (Å²) in [5, 5.41) is 0. The zero-order chi connectivity index (χ0) is 14.1. The molecule has 1 aliphatic rings. The van der Waals surface area contributed by atoms with Gasteiger partial charge in [-0.25, -0.2) is 9.97 Å². The number of ether oxygens (including phenoxy) is 2. The van der Waals surface area contributed by atoms with Crippen LogP contribution in [0, 0.1) is 0 Å². The van der Waals surface area contributed by atoms with Crippen LogP contribution in [0.5, 0.6) is 11.5 Å². The lowest BCUT2D eigenvalue weighted by Crippen LogP contribution is -2.24. The van der Waals surface area contributed by atoms with Crippen LogP contribution >= 0.6 is 15.9 Å². The van der Waals surface area contributed by atoms with Crippen molar-refractivity contribution in [1.82, 2.24) is 9.97 Å². The Morgan fingerprint density at radius 3 is 2.80 bits per heavy atom. The van der Waals surface area contributed by atoms with Crippen molar-refractivity contribution in [1.29, 1.82) is 0 Å². The number of benzene rings is 1. The van der Waals surface area contributed by atoms with Crippen LogP contribution in [0.25, 0.3) is 0 Å². The molecule has 0 spiro atoms. The minimum atomic E-state index is -0.342. The third kappa shape index (κ3) is 2.31. The lowest BCUT2D eigenvalue weighted by atomic mass is 10.2. The molecule has 0 saturated carbocycles. The molecular formula is C14H14BrN3O2. The lowest BCUT2D eigenvalue weighted by Gasteiger charge is -2.25. The van der Waals surface area contributed by atoms with Crippen LogP contribution in [0.15, 0.2) is 28.7 Å². The molecule has 1 aromatic heterocycles. The SMILES string of the molecule is CCc1nc(C2COc3ccccc3O2)nc(N)c1Br. The molecule has 5 nitrogen and oxygen atoms in total. The number of nitrogens with two attached hydrogens (primary N) is 1. The number of nitrogens with zero attached hydrogens (tertiary/aromatic N) is 2. The predicted octanol–water partition coefficient (Wildman–Crippen LogP) is 2.90. The quantitative estimate of drug-likeness (QED) is 0.913. The molecule has 2 N–H and O–H groups in total. The highest BCUT2D eigenvalue weighted by Crippen LogP contribution is 2.35. The molecule has 0 saturated heterocycles. The Morgan fingerprint density at radius 1 is 1.30 bits per heavy atom. The van der Waals surface area contributed by atoms with E-state index >= 15 is 0 Å². The van der Waals surface area contributed by atoms with E-state index in [1.807, 2.05) is 31.2 Å². The van der Waals surface area contributed by atoms with E-state index in [-0.39, 0.29) is 6.10 Å². The standard InChI is InChI=1S/C14H14BrN3O2/c1-2-8-12(15)13(16)18-14(17-8)11-7-19-9-5-3-4-6-10(9)20-11/h3-6,11H,2,7H2,1H3,(H2,16,17,18). The summed E-state index contributed by atoms with van der Waals surface area (Å²) >= 11 is 3.40. The number of aryl methyl sites for hydroxylation is 1. The van der Waals surface area contributed by atoms with Crippen molar-refractivity contribution < 1.29 is 9.47 Å². The third-order valence-electron chi connectivity index (χ3n) is 3.09. The molecule has 1 atom stereocenters. The van der Waals surface area contributed by atoms with Crippen LogP contribution in [0.3, 0.4) is 0 Å². The monoisotopic (exact) mass is 335 g/mol. The number of fused-ring (bicyclic) bond motifs is 1. The van der Waals surface area contributed by atoms with Crippen molar-refractivity contribution in [2.45, 2.75) is 19.4 Å². The molecule has 1 aromatic carbocycles. The van der Waals surface area contributed by atoms with Crippen LogP contribution in [-0.4, -0.2) is 16.6 Å². The zero-order valence-corrected chi connectivity index (χ0v) is 12.6. The van der Waals surface area contributed by atoms with E-state index in [1.165, 1.54) is 0 Å². The number of hydrogen-bond acceptors (Lipinski definition) is 5. The van der Waals surface area contributed by atoms with E-state index in [0.29, 0.717) is 24.0 Å². The first-order valence-electron chi connectivity index (χ1n) is 6.39. The Balaban J connectivity index is 1.93. The van der Waals surface area contributed by atoms with Gasteiger partial charge < -0.3 is 15.2 Å². The van der Waals surface area contributed by atoms with E-state index in [1.54, 1.807) is 0 Å². The van der Waals surface area contributed by atoms with Gasteiger partial charge in [-0.1, -0.05) is 19.1 Å². The average Bonchev–Trinajstić information content (AvgIpc) is 2.49. The second-order valence-corrected chi connectivity index (χ2v) is 5.24. The van der Waals surface area contributed by atoms with E-state index in [0.717, 1.165) is 22.3 Å². The highest BCUT2D eigenvalue weighted by Gasteiger charge is 2.26. The molecule has 2 aromatic rings. The maximum absolute atomic E-state index is 5.90. The largest absolute Gasteiger partial charge is 0.485 e. The molecule has 20 heavy (non-hydrogen) atoms. The van der Waals surface area contributed by atoms with Gasteiger partial charge in [0.15, 0.2) is 23.4 Å². The minimum Gasteiger partial charge on any atom is -0.485 e. The van der Waals surface area contributed by atoms with Crippen molar-refractivity contribution >= 4 is 21.7 Å². The van der Waals surface area contributed by atoms with E-state index in [9.17, 15) is 0 Å². The summed E-state index contributed by atoms with van der Waals surface area (Å²) in [6.45, 7) is 2.39. The van der Waals surface area contributed by atoms with Crippen LogP contribution in [-0.2, 0) is 6.42 Å². The minimum absolute atomic E-state index is 0.342. The van der Waals surface area contributed by atoms with Crippen molar-refractivity contribution in [2.24, 2.45) is 0 Å². The first-order valence-corrected chi connectivity index (χ1v) is 7.18. The molecule has 0 amide bonds. The summed E-state index contributed by atoms with van der Waals surface area (Å²) in [5.41, 5.74) is 6.77. The Morgan fingerprint density at radius 2 is 2.05 bits per heavy atom. The molecule has 104 valence electrons. The van der Waals surface area contributed by atoms with Gasteiger partial charge >= 0.3 is 0 Å². The van der Waals surface area contributed by atoms with Crippen molar-refractivity contribution in [3.63, 3.8) is 0 Å². The van der Waals surface area contributed by atoms with Gasteiger partial charge in [0.2, 0.25) is 0 Å². The summed E-state index contributed by atoms with van der Waals surface area (Å²) in [7, 11) is 0. The number of hydrogen-bond donors (Lipinski definition) is 1. The fraction of sp³-hybridized carbons (Fsp3) is 0.286. The number of rotatable bonds is 2. The summed E-state index contributed by atoms with van der Waals surface area (Å²) in [6, 6.07) is 7.55. The lowest BCUT2D eigenvalue weighted by molar-refractivity contribution is 0.0850. The maximum atomic E-state index is 5.90. The Kier molecular flexibility index (Phi) is 3.48. The van der Waals surface area contributed by atoms with Gasteiger partial charge in [-0.05, 0) is 34.5 Å². The van der Waals surface area contributed by atoms with Gasteiger partial charge in [0.1, 0.15) is 12.4 Å². The topological polar surface area (TPSA) is 70.3 Å². The van der Waals surface area contributed by atoms with Crippen LogP contribution < -0.4 is 15.2 Å². The van der Waals surface area contributed by atoms with Gasteiger partial charge in [-0.2, -0.15) is 0 Å². The van der Waals surface area contributed by atoms with Gasteiger partial charge in [-0.15, -0.1) is 0 Å². The molecule has 6 heteroatoms. The number of para-hydroxylation sites is 2.